The first-order valence-corrected chi connectivity index (χ1v) is 8.92. The van der Waals surface area contributed by atoms with Gasteiger partial charge in [0.25, 0.3) is 0 Å². The Morgan fingerprint density at radius 2 is 1.96 bits per heavy atom. The van der Waals surface area contributed by atoms with E-state index in [0.29, 0.717) is 19.7 Å². The fourth-order valence-electron chi connectivity index (χ4n) is 2.59. The number of unbranched alkanes of at least 4 members (excludes halogenated alkanes) is 1. The Morgan fingerprint density at radius 3 is 2.64 bits per heavy atom. The molecule has 0 radical (unpaired) electrons. The zero-order chi connectivity index (χ0) is 17.9. The van der Waals surface area contributed by atoms with Gasteiger partial charge in [-0.2, -0.15) is 0 Å². The predicted octanol–water partition coefficient (Wildman–Crippen LogP) is 1.87. The van der Waals surface area contributed by atoms with Crippen LogP contribution in [0.1, 0.15) is 31.4 Å². The van der Waals surface area contributed by atoms with Crippen LogP contribution in [0.2, 0.25) is 0 Å². The van der Waals surface area contributed by atoms with Crippen molar-refractivity contribution in [1.29, 1.82) is 0 Å². The van der Waals surface area contributed by atoms with E-state index in [-0.39, 0.29) is 18.6 Å². The van der Waals surface area contributed by atoms with Gasteiger partial charge in [-0.3, -0.25) is 0 Å². The number of rotatable bonds is 7. The van der Waals surface area contributed by atoms with Gasteiger partial charge in [-0.05, 0) is 12.0 Å². The molecule has 1 heterocycles. The number of hydrogen-bond donors (Lipinski definition) is 3. The second-order valence-corrected chi connectivity index (χ2v) is 6.02. The van der Waals surface area contributed by atoms with Crippen molar-refractivity contribution in [2.24, 2.45) is 0 Å². The molecular weight excluding hydrogens is 320 g/mol. The lowest BCUT2D eigenvalue weighted by atomic mass is 10.1. The van der Waals surface area contributed by atoms with Crippen LogP contribution in [-0.2, 0) is 4.74 Å². The molecule has 2 rings (SSSR count). The summed E-state index contributed by atoms with van der Waals surface area (Å²) in [5.41, 5.74) is 0.944. The molecule has 1 aromatic carbocycles. The van der Waals surface area contributed by atoms with E-state index in [1.807, 2.05) is 37.3 Å². The first-order valence-electron chi connectivity index (χ1n) is 8.92. The van der Waals surface area contributed by atoms with Gasteiger partial charge in [0.1, 0.15) is 0 Å². The van der Waals surface area contributed by atoms with Gasteiger partial charge in [-0.15, -0.1) is 0 Å². The zero-order valence-corrected chi connectivity index (χ0v) is 14.8. The standard InChI is InChI=1S/C18H28N4O3/c1-2-3-13-25-18(24)20-14-16(15-7-5-4-6-8-15)21-17(23)22-11-9-19-10-12-22/h4-8,16,19H,2-3,9-14H2,1H3,(H,20,24)(H,21,23). The van der Waals surface area contributed by atoms with Crippen LogP contribution >= 0.6 is 0 Å². The van der Waals surface area contributed by atoms with Gasteiger partial charge in [0.05, 0.1) is 12.6 Å². The molecule has 138 valence electrons. The number of piperazine rings is 1. The maximum Gasteiger partial charge on any atom is 0.407 e. The molecule has 1 saturated heterocycles. The number of hydrogen-bond acceptors (Lipinski definition) is 4. The molecule has 0 aliphatic carbocycles. The number of nitrogens with one attached hydrogen (secondary N) is 3. The Hall–Kier alpha value is -2.28. The first kappa shape index (κ1) is 19.1. The van der Waals surface area contributed by atoms with E-state index in [0.717, 1.165) is 31.5 Å². The summed E-state index contributed by atoms with van der Waals surface area (Å²) >= 11 is 0. The van der Waals surface area contributed by atoms with Crippen molar-refractivity contribution < 1.29 is 14.3 Å². The van der Waals surface area contributed by atoms with Gasteiger partial charge in [0.15, 0.2) is 0 Å². The Labute approximate surface area is 149 Å². The van der Waals surface area contributed by atoms with Gasteiger partial charge in [0, 0.05) is 32.7 Å². The molecule has 1 fully saturated rings. The number of nitrogens with zero attached hydrogens (tertiary/aromatic N) is 1. The van der Waals surface area contributed by atoms with Crippen molar-refractivity contribution in [3.63, 3.8) is 0 Å². The molecule has 3 amide bonds. The Morgan fingerprint density at radius 1 is 1.24 bits per heavy atom. The maximum atomic E-state index is 12.5. The van der Waals surface area contributed by atoms with Crippen LogP contribution in [-0.4, -0.2) is 56.4 Å². The van der Waals surface area contributed by atoms with Gasteiger partial charge in [-0.1, -0.05) is 43.7 Å². The van der Waals surface area contributed by atoms with E-state index in [9.17, 15) is 9.59 Å². The molecule has 0 saturated carbocycles. The monoisotopic (exact) mass is 348 g/mol. The molecule has 7 heteroatoms. The number of urea groups is 1. The lowest BCUT2D eigenvalue weighted by molar-refractivity contribution is 0.143. The Balaban J connectivity index is 1.91. The number of amides is 3. The third-order valence-corrected chi connectivity index (χ3v) is 4.09. The number of alkyl carbamates (subject to hydrolysis) is 1. The fourth-order valence-corrected chi connectivity index (χ4v) is 2.59. The highest BCUT2D eigenvalue weighted by Gasteiger charge is 2.21. The molecule has 0 bridgehead atoms. The Bertz CT molecular complexity index is 532. The summed E-state index contributed by atoms with van der Waals surface area (Å²) in [7, 11) is 0. The molecule has 1 unspecified atom stereocenters. The second kappa shape index (κ2) is 10.6. The molecule has 1 aliphatic heterocycles. The summed E-state index contributed by atoms with van der Waals surface area (Å²) in [5, 5.41) is 8.98. The molecule has 1 atom stereocenters. The zero-order valence-electron chi connectivity index (χ0n) is 14.8. The van der Waals surface area contributed by atoms with E-state index >= 15 is 0 Å². The third-order valence-electron chi connectivity index (χ3n) is 4.09. The van der Waals surface area contributed by atoms with Crippen molar-refractivity contribution in [3.8, 4) is 0 Å². The average molecular weight is 348 g/mol. The first-order chi connectivity index (χ1) is 12.2. The molecule has 3 N–H and O–H groups in total. The molecule has 7 nitrogen and oxygen atoms in total. The maximum absolute atomic E-state index is 12.5. The lowest BCUT2D eigenvalue weighted by Gasteiger charge is -2.30. The van der Waals surface area contributed by atoms with E-state index < -0.39 is 6.09 Å². The molecule has 0 spiro atoms. The number of carbonyl (C=O) groups is 2. The number of carbonyl (C=O) groups excluding carboxylic acids is 2. The summed E-state index contributed by atoms with van der Waals surface area (Å²) in [6.45, 7) is 5.69. The van der Waals surface area contributed by atoms with Crippen LogP contribution < -0.4 is 16.0 Å². The summed E-state index contributed by atoms with van der Waals surface area (Å²) in [4.78, 5) is 26.0. The van der Waals surface area contributed by atoms with Crippen LogP contribution in [0.3, 0.4) is 0 Å². The van der Waals surface area contributed by atoms with Gasteiger partial charge >= 0.3 is 12.1 Å². The Kier molecular flexibility index (Phi) is 8.04. The minimum Gasteiger partial charge on any atom is -0.450 e. The second-order valence-electron chi connectivity index (χ2n) is 6.02. The molecular formula is C18H28N4O3. The molecule has 25 heavy (non-hydrogen) atoms. The van der Waals surface area contributed by atoms with Crippen molar-refractivity contribution >= 4 is 12.1 Å². The molecule has 1 aliphatic rings. The van der Waals surface area contributed by atoms with Crippen LogP contribution in [0, 0.1) is 0 Å². The van der Waals surface area contributed by atoms with Crippen LogP contribution in [0.25, 0.3) is 0 Å². The number of benzene rings is 1. The highest BCUT2D eigenvalue weighted by Crippen LogP contribution is 2.12. The predicted molar refractivity (Wildman–Crippen MR) is 96.4 cm³/mol. The highest BCUT2D eigenvalue weighted by atomic mass is 16.5. The highest BCUT2D eigenvalue weighted by molar-refractivity contribution is 5.75. The van der Waals surface area contributed by atoms with Gasteiger partial charge in [0.2, 0.25) is 0 Å². The largest absolute Gasteiger partial charge is 0.450 e. The van der Waals surface area contributed by atoms with E-state index in [4.69, 9.17) is 4.74 Å². The fraction of sp³-hybridized carbons (Fsp3) is 0.556. The third kappa shape index (κ3) is 6.62. The summed E-state index contributed by atoms with van der Waals surface area (Å²) in [5.74, 6) is 0. The average Bonchev–Trinajstić information content (AvgIpc) is 2.66. The summed E-state index contributed by atoms with van der Waals surface area (Å²) < 4.78 is 5.11. The summed E-state index contributed by atoms with van der Waals surface area (Å²) in [6, 6.07) is 9.21. The van der Waals surface area contributed by atoms with Crippen molar-refractivity contribution in [2.75, 3.05) is 39.3 Å². The van der Waals surface area contributed by atoms with Crippen LogP contribution in [0.4, 0.5) is 9.59 Å². The summed E-state index contributed by atoms with van der Waals surface area (Å²) in [6.07, 6.45) is 1.36. The quantitative estimate of drug-likeness (QED) is 0.657. The van der Waals surface area contributed by atoms with E-state index in [1.165, 1.54) is 0 Å². The smallest absolute Gasteiger partial charge is 0.407 e. The van der Waals surface area contributed by atoms with Gasteiger partial charge in [-0.25, -0.2) is 9.59 Å². The van der Waals surface area contributed by atoms with Crippen LogP contribution in [0.15, 0.2) is 30.3 Å². The lowest BCUT2D eigenvalue weighted by Crippen LogP contribution is -2.51. The molecule has 0 aromatic heterocycles. The topological polar surface area (TPSA) is 82.7 Å². The minimum absolute atomic E-state index is 0.114. The van der Waals surface area contributed by atoms with E-state index in [1.54, 1.807) is 4.90 Å². The molecule has 1 aromatic rings. The normalized spacial score (nSPS) is 15.3. The minimum atomic E-state index is -0.453. The van der Waals surface area contributed by atoms with E-state index in [2.05, 4.69) is 16.0 Å². The van der Waals surface area contributed by atoms with Crippen molar-refractivity contribution in [3.05, 3.63) is 35.9 Å². The van der Waals surface area contributed by atoms with Crippen molar-refractivity contribution in [2.45, 2.75) is 25.8 Å². The van der Waals surface area contributed by atoms with Crippen molar-refractivity contribution in [1.82, 2.24) is 20.9 Å². The van der Waals surface area contributed by atoms with Crippen LogP contribution in [0.5, 0.6) is 0 Å². The number of ether oxygens (including phenoxy) is 1. The van der Waals surface area contributed by atoms with Gasteiger partial charge < -0.3 is 25.6 Å². The SMILES string of the molecule is CCCCOC(=O)NCC(NC(=O)N1CCNCC1)c1ccccc1.